The smallest absolute Gasteiger partial charge is 0.0974 e. The van der Waals surface area contributed by atoms with Crippen molar-refractivity contribution in [3.05, 3.63) is 30.1 Å². The van der Waals surface area contributed by atoms with Crippen LogP contribution in [-0.2, 0) is 4.74 Å². The fraction of sp³-hybridized carbons (Fsp3) is 0.583. The van der Waals surface area contributed by atoms with Crippen molar-refractivity contribution in [1.82, 2.24) is 4.98 Å². The maximum absolute atomic E-state index is 5.91. The number of ether oxygens (including phenoxy) is 1. The number of hydrogen-bond donors (Lipinski definition) is 1. The third kappa shape index (κ3) is 3.98. The third-order valence-corrected chi connectivity index (χ3v) is 2.31. The summed E-state index contributed by atoms with van der Waals surface area (Å²) in [5.74, 6) is 0. The van der Waals surface area contributed by atoms with Crippen molar-refractivity contribution in [3.63, 3.8) is 0 Å². The van der Waals surface area contributed by atoms with Crippen LogP contribution in [0.2, 0.25) is 0 Å². The highest BCUT2D eigenvalue weighted by atomic mass is 16.5. The number of nitrogens with two attached hydrogens (primary N) is 1. The monoisotopic (exact) mass is 208 g/mol. The van der Waals surface area contributed by atoms with Crippen LogP contribution in [0.25, 0.3) is 0 Å². The molecule has 0 amide bonds. The van der Waals surface area contributed by atoms with Gasteiger partial charge in [0, 0.05) is 25.0 Å². The summed E-state index contributed by atoms with van der Waals surface area (Å²) in [5.41, 5.74) is 7.01. The molecule has 0 aliphatic heterocycles. The molecule has 0 fully saturated rings. The highest BCUT2D eigenvalue weighted by Gasteiger charge is 2.15. The molecule has 0 aliphatic rings. The van der Waals surface area contributed by atoms with Gasteiger partial charge in [-0.1, -0.05) is 13.3 Å². The summed E-state index contributed by atoms with van der Waals surface area (Å²) < 4.78 is 5.78. The van der Waals surface area contributed by atoms with Gasteiger partial charge < -0.3 is 10.5 Å². The van der Waals surface area contributed by atoms with E-state index in [9.17, 15) is 0 Å². The average Bonchev–Trinajstić information content (AvgIpc) is 2.25. The van der Waals surface area contributed by atoms with Gasteiger partial charge in [-0.2, -0.15) is 0 Å². The molecule has 0 aliphatic carbocycles. The van der Waals surface area contributed by atoms with Crippen molar-refractivity contribution in [2.75, 3.05) is 6.61 Å². The van der Waals surface area contributed by atoms with Crippen molar-refractivity contribution >= 4 is 0 Å². The van der Waals surface area contributed by atoms with Gasteiger partial charge in [-0.05, 0) is 31.0 Å². The number of pyridine rings is 1. The maximum atomic E-state index is 5.91. The van der Waals surface area contributed by atoms with Crippen LogP contribution < -0.4 is 5.73 Å². The summed E-state index contributed by atoms with van der Waals surface area (Å²) >= 11 is 0. The molecule has 84 valence electrons. The Labute approximate surface area is 91.7 Å². The first-order valence-electron chi connectivity index (χ1n) is 5.52. The molecule has 2 unspecified atom stereocenters. The topological polar surface area (TPSA) is 48.1 Å². The minimum atomic E-state index is -0.0143. The van der Waals surface area contributed by atoms with Gasteiger partial charge in [0.2, 0.25) is 0 Å². The standard InChI is InChI=1S/C12H20N2O/c1-3-4-9-15-12(10(2)13)11-5-7-14-8-6-11/h5-8,10,12H,3-4,9,13H2,1-2H3. The Morgan fingerprint density at radius 1 is 1.40 bits per heavy atom. The van der Waals surface area contributed by atoms with E-state index in [0.717, 1.165) is 25.0 Å². The van der Waals surface area contributed by atoms with Crippen LogP contribution in [0.4, 0.5) is 0 Å². The van der Waals surface area contributed by atoms with Gasteiger partial charge in [0.1, 0.15) is 0 Å². The van der Waals surface area contributed by atoms with Gasteiger partial charge in [0.25, 0.3) is 0 Å². The quantitative estimate of drug-likeness (QED) is 0.730. The lowest BCUT2D eigenvalue weighted by Gasteiger charge is -2.21. The molecule has 1 rings (SSSR count). The molecule has 2 N–H and O–H groups in total. The number of hydrogen-bond acceptors (Lipinski definition) is 3. The first-order valence-corrected chi connectivity index (χ1v) is 5.52. The zero-order valence-corrected chi connectivity index (χ0v) is 9.52. The predicted molar refractivity (Wildman–Crippen MR) is 61.5 cm³/mol. The predicted octanol–water partition coefficient (Wildman–Crippen LogP) is 2.29. The van der Waals surface area contributed by atoms with E-state index in [1.54, 1.807) is 12.4 Å². The normalized spacial score (nSPS) is 14.9. The lowest BCUT2D eigenvalue weighted by molar-refractivity contribution is 0.0365. The Morgan fingerprint density at radius 3 is 2.60 bits per heavy atom. The summed E-state index contributed by atoms with van der Waals surface area (Å²) in [6, 6.07) is 3.92. The first kappa shape index (κ1) is 12.1. The maximum Gasteiger partial charge on any atom is 0.0974 e. The van der Waals surface area contributed by atoms with Gasteiger partial charge in [-0.3, -0.25) is 4.98 Å². The molecule has 2 atom stereocenters. The molecular formula is C12H20N2O. The summed E-state index contributed by atoms with van der Waals surface area (Å²) in [7, 11) is 0. The molecule has 3 heteroatoms. The van der Waals surface area contributed by atoms with E-state index in [1.807, 2.05) is 19.1 Å². The first-order chi connectivity index (χ1) is 7.25. The van der Waals surface area contributed by atoms with E-state index < -0.39 is 0 Å². The second kappa shape index (κ2) is 6.53. The summed E-state index contributed by atoms with van der Waals surface area (Å²) in [4.78, 5) is 3.99. The van der Waals surface area contributed by atoms with Crippen molar-refractivity contribution < 1.29 is 4.74 Å². The lowest BCUT2D eigenvalue weighted by Crippen LogP contribution is -2.27. The molecule has 0 aromatic carbocycles. The van der Waals surface area contributed by atoms with Crippen molar-refractivity contribution in [2.24, 2.45) is 5.73 Å². The van der Waals surface area contributed by atoms with Gasteiger partial charge >= 0.3 is 0 Å². The van der Waals surface area contributed by atoms with Crippen molar-refractivity contribution in [3.8, 4) is 0 Å². The van der Waals surface area contributed by atoms with Gasteiger partial charge in [0.05, 0.1) is 6.10 Å². The zero-order chi connectivity index (χ0) is 11.1. The second-order valence-electron chi connectivity index (χ2n) is 3.78. The van der Waals surface area contributed by atoms with Crippen LogP contribution in [0.15, 0.2) is 24.5 Å². The molecule has 1 heterocycles. The fourth-order valence-corrected chi connectivity index (χ4v) is 1.46. The molecule has 0 radical (unpaired) electrons. The number of rotatable bonds is 6. The van der Waals surface area contributed by atoms with Crippen LogP contribution in [-0.4, -0.2) is 17.6 Å². The minimum absolute atomic E-state index is 0.00394. The molecular weight excluding hydrogens is 188 g/mol. The van der Waals surface area contributed by atoms with Crippen molar-refractivity contribution in [2.45, 2.75) is 38.8 Å². The fourth-order valence-electron chi connectivity index (χ4n) is 1.46. The number of nitrogens with zero attached hydrogens (tertiary/aromatic N) is 1. The summed E-state index contributed by atoms with van der Waals surface area (Å²) in [6.45, 7) is 4.89. The van der Waals surface area contributed by atoms with Crippen molar-refractivity contribution in [1.29, 1.82) is 0 Å². The largest absolute Gasteiger partial charge is 0.372 e. The summed E-state index contributed by atoms with van der Waals surface area (Å²) in [5, 5.41) is 0. The van der Waals surface area contributed by atoms with E-state index in [-0.39, 0.29) is 12.1 Å². The highest BCUT2D eigenvalue weighted by Crippen LogP contribution is 2.19. The van der Waals surface area contributed by atoms with Gasteiger partial charge in [0.15, 0.2) is 0 Å². The van der Waals surface area contributed by atoms with Crippen LogP contribution in [0.3, 0.4) is 0 Å². The van der Waals surface area contributed by atoms with E-state index in [2.05, 4.69) is 11.9 Å². The molecule has 0 saturated carbocycles. The minimum Gasteiger partial charge on any atom is -0.372 e. The highest BCUT2D eigenvalue weighted by molar-refractivity contribution is 5.14. The molecule has 0 saturated heterocycles. The Balaban J connectivity index is 2.58. The van der Waals surface area contributed by atoms with Gasteiger partial charge in [-0.15, -0.1) is 0 Å². The Bertz CT molecular complexity index is 262. The molecule has 1 aromatic heterocycles. The van der Waals surface area contributed by atoms with E-state index in [1.165, 1.54) is 0 Å². The molecule has 0 spiro atoms. The summed E-state index contributed by atoms with van der Waals surface area (Å²) in [6.07, 6.45) is 5.75. The van der Waals surface area contributed by atoms with Gasteiger partial charge in [-0.25, -0.2) is 0 Å². The molecule has 0 bridgehead atoms. The lowest BCUT2D eigenvalue weighted by atomic mass is 10.1. The number of aromatic nitrogens is 1. The zero-order valence-electron chi connectivity index (χ0n) is 9.52. The SMILES string of the molecule is CCCCOC(c1ccncc1)C(C)N. The van der Waals surface area contributed by atoms with Crippen LogP contribution in [0.5, 0.6) is 0 Å². The van der Waals surface area contributed by atoms with E-state index in [4.69, 9.17) is 10.5 Å². The Morgan fingerprint density at radius 2 is 2.07 bits per heavy atom. The second-order valence-corrected chi connectivity index (χ2v) is 3.78. The number of unbranched alkanes of at least 4 members (excludes halogenated alkanes) is 1. The van der Waals surface area contributed by atoms with Crippen LogP contribution in [0, 0.1) is 0 Å². The van der Waals surface area contributed by atoms with E-state index >= 15 is 0 Å². The third-order valence-electron chi connectivity index (χ3n) is 2.31. The van der Waals surface area contributed by atoms with E-state index in [0.29, 0.717) is 0 Å². The molecule has 15 heavy (non-hydrogen) atoms. The molecule has 1 aromatic rings. The Hall–Kier alpha value is -0.930. The van der Waals surface area contributed by atoms with Crippen LogP contribution >= 0.6 is 0 Å². The van der Waals surface area contributed by atoms with Crippen LogP contribution in [0.1, 0.15) is 38.4 Å². The average molecular weight is 208 g/mol. The molecule has 3 nitrogen and oxygen atoms in total. The Kier molecular flexibility index (Phi) is 5.29.